The van der Waals surface area contributed by atoms with Crippen LogP contribution in [0.25, 0.3) is 0 Å². The Labute approximate surface area is 136 Å². The molecule has 1 N–H and O–H groups in total. The van der Waals surface area contributed by atoms with Crippen LogP contribution in [-0.2, 0) is 17.8 Å². The fraction of sp³-hybridized carbons (Fsp3) is 0.647. The van der Waals surface area contributed by atoms with E-state index in [4.69, 9.17) is 4.74 Å². The predicted molar refractivity (Wildman–Crippen MR) is 89.3 cm³/mol. The zero-order valence-corrected chi connectivity index (χ0v) is 14.4. The highest BCUT2D eigenvalue weighted by Crippen LogP contribution is 2.23. The maximum atomic E-state index is 5.72. The Kier molecular flexibility index (Phi) is 5.33. The molecule has 2 aliphatic rings. The van der Waals surface area contributed by atoms with Crippen LogP contribution in [0.5, 0.6) is 0 Å². The third-order valence-corrected chi connectivity index (χ3v) is 4.96. The van der Waals surface area contributed by atoms with Crippen molar-refractivity contribution in [2.75, 3.05) is 19.7 Å². The fourth-order valence-corrected chi connectivity index (χ4v) is 3.40. The molecule has 1 atom stereocenters. The van der Waals surface area contributed by atoms with E-state index in [1.165, 1.54) is 28.4 Å². The molecule has 1 saturated heterocycles. The summed E-state index contributed by atoms with van der Waals surface area (Å²) in [4.78, 5) is 2.50. The van der Waals surface area contributed by atoms with Gasteiger partial charge in [0, 0.05) is 43.3 Å². The first-order chi connectivity index (χ1) is 10.2. The average Bonchev–Trinajstić information content (AvgIpc) is 3.28. The van der Waals surface area contributed by atoms with Crippen LogP contribution in [0, 0.1) is 0 Å². The highest BCUT2D eigenvalue weighted by Gasteiger charge is 2.20. The number of ether oxygens (including phenoxy) is 1. The van der Waals surface area contributed by atoms with E-state index in [0.29, 0.717) is 6.10 Å². The van der Waals surface area contributed by atoms with Crippen molar-refractivity contribution in [2.45, 2.75) is 51.4 Å². The summed E-state index contributed by atoms with van der Waals surface area (Å²) in [6, 6.07) is 7.56. The monoisotopic (exact) mass is 352 g/mol. The lowest BCUT2D eigenvalue weighted by Crippen LogP contribution is -2.29. The standard InChI is InChI=1S/C17H25BrN2O/c1-13-11-20(7-2-8-21-13)12-15-4-3-14(9-17(15)18)10-19-16-5-6-16/h3-4,9,13,16,19H,2,5-8,10-12H2,1H3. The molecule has 1 aliphatic heterocycles. The highest BCUT2D eigenvalue weighted by molar-refractivity contribution is 9.10. The van der Waals surface area contributed by atoms with Crippen LogP contribution >= 0.6 is 15.9 Å². The maximum absolute atomic E-state index is 5.72. The smallest absolute Gasteiger partial charge is 0.0674 e. The van der Waals surface area contributed by atoms with Gasteiger partial charge in [-0.3, -0.25) is 4.90 Å². The lowest BCUT2D eigenvalue weighted by atomic mass is 10.1. The molecule has 0 spiro atoms. The van der Waals surface area contributed by atoms with Gasteiger partial charge in [0.1, 0.15) is 0 Å². The number of hydrogen-bond donors (Lipinski definition) is 1. The van der Waals surface area contributed by atoms with Gasteiger partial charge in [0.2, 0.25) is 0 Å². The van der Waals surface area contributed by atoms with Crippen LogP contribution < -0.4 is 5.32 Å². The van der Waals surface area contributed by atoms with Gasteiger partial charge in [0.05, 0.1) is 6.10 Å². The van der Waals surface area contributed by atoms with Crippen LogP contribution in [0.2, 0.25) is 0 Å². The first kappa shape index (κ1) is 15.5. The van der Waals surface area contributed by atoms with Crippen LogP contribution in [0.15, 0.2) is 22.7 Å². The first-order valence-electron chi connectivity index (χ1n) is 8.05. The molecule has 3 nitrogen and oxygen atoms in total. The second-order valence-corrected chi connectivity index (χ2v) is 7.21. The van der Waals surface area contributed by atoms with Gasteiger partial charge in [-0.2, -0.15) is 0 Å². The van der Waals surface area contributed by atoms with Crippen molar-refractivity contribution in [1.82, 2.24) is 10.2 Å². The second-order valence-electron chi connectivity index (χ2n) is 6.35. The zero-order chi connectivity index (χ0) is 14.7. The molecule has 1 aromatic rings. The Hall–Kier alpha value is -0.420. The fourth-order valence-electron chi connectivity index (χ4n) is 2.84. The average molecular weight is 353 g/mol. The zero-order valence-electron chi connectivity index (χ0n) is 12.8. The van der Waals surface area contributed by atoms with Gasteiger partial charge in [0.15, 0.2) is 0 Å². The summed E-state index contributed by atoms with van der Waals surface area (Å²) in [5.74, 6) is 0. The van der Waals surface area contributed by atoms with Crippen molar-refractivity contribution in [3.05, 3.63) is 33.8 Å². The Balaban J connectivity index is 1.58. The Morgan fingerprint density at radius 2 is 2.24 bits per heavy atom. The molecule has 21 heavy (non-hydrogen) atoms. The third kappa shape index (κ3) is 4.78. The van der Waals surface area contributed by atoms with Crippen molar-refractivity contribution < 1.29 is 4.74 Å². The molecule has 3 rings (SSSR count). The van der Waals surface area contributed by atoms with E-state index in [2.05, 4.69) is 51.3 Å². The molecule has 1 saturated carbocycles. The molecule has 0 radical (unpaired) electrons. The summed E-state index contributed by atoms with van der Waals surface area (Å²) < 4.78 is 6.95. The van der Waals surface area contributed by atoms with Gasteiger partial charge < -0.3 is 10.1 Å². The summed E-state index contributed by atoms with van der Waals surface area (Å²) in [5, 5.41) is 3.57. The van der Waals surface area contributed by atoms with Crippen molar-refractivity contribution >= 4 is 15.9 Å². The van der Waals surface area contributed by atoms with Gasteiger partial charge in [-0.15, -0.1) is 0 Å². The second kappa shape index (κ2) is 7.23. The van der Waals surface area contributed by atoms with Crippen molar-refractivity contribution in [1.29, 1.82) is 0 Å². The van der Waals surface area contributed by atoms with E-state index in [1.54, 1.807) is 0 Å². The van der Waals surface area contributed by atoms with Crippen molar-refractivity contribution in [3.8, 4) is 0 Å². The van der Waals surface area contributed by atoms with Gasteiger partial charge in [-0.05, 0) is 43.4 Å². The minimum Gasteiger partial charge on any atom is -0.377 e. The lowest BCUT2D eigenvalue weighted by molar-refractivity contribution is 0.0668. The predicted octanol–water partition coefficient (Wildman–Crippen LogP) is 3.31. The van der Waals surface area contributed by atoms with Gasteiger partial charge in [0.25, 0.3) is 0 Å². The van der Waals surface area contributed by atoms with E-state index in [1.807, 2.05) is 0 Å². The summed E-state index contributed by atoms with van der Waals surface area (Å²) in [7, 11) is 0. The van der Waals surface area contributed by atoms with Gasteiger partial charge in [-0.25, -0.2) is 0 Å². The summed E-state index contributed by atoms with van der Waals surface area (Å²) in [5.41, 5.74) is 2.74. The molecule has 1 aromatic carbocycles. The number of halogens is 1. The summed E-state index contributed by atoms with van der Waals surface area (Å²) in [6.45, 7) is 7.20. The Morgan fingerprint density at radius 3 is 3.00 bits per heavy atom. The Bertz CT molecular complexity index is 476. The number of nitrogens with zero attached hydrogens (tertiary/aromatic N) is 1. The van der Waals surface area contributed by atoms with Crippen LogP contribution in [0.3, 0.4) is 0 Å². The van der Waals surface area contributed by atoms with Crippen molar-refractivity contribution in [3.63, 3.8) is 0 Å². The molecule has 0 bridgehead atoms. The number of hydrogen-bond acceptors (Lipinski definition) is 3. The highest BCUT2D eigenvalue weighted by atomic mass is 79.9. The minimum atomic E-state index is 0.341. The van der Waals surface area contributed by atoms with Gasteiger partial charge >= 0.3 is 0 Å². The minimum absolute atomic E-state index is 0.341. The summed E-state index contributed by atoms with van der Waals surface area (Å²) in [6.07, 6.45) is 4.15. The number of benzene rings is 1. The first-order valence-corrected chi connectivity index (χ1v) is 8.84. The quantitative estimate of drug-likeness (QED) is 0.879. The largest absolute Gasteiger partial charge is 0.377 e. The maximum Gasteiger partial charge on any atom is 0.0674 e. The van der Waals surface area contributed by atoms with E-state index in [9.17, 15) is 0 Å². The third-order valence-electron chi connectivity index (χ3n) is 4.22. The Morgan fingerprint density at radius 1 is 1.38 bits per heavy atom. The molecular formula is C17H25BrN2O. The molecule has 0 amide bonds. The molecule has 116 valence electrons. The molecule has 1 aliphatic carbocycles. The molecule has 1 unspecified atom stereocenters. The summed E-state index contributed by atoms with van der Waals surface area (Å²) >= 11 is 3.75. The lowest BCUT2D eigenvalue weighted by Gasteiger charge is -2.22. The SMILES string of the molecule is CC1CN(Cc2ccc(CNC3CC3)cc2Br)CCCO1. The van der Waals surface area contributed by atoms with E-state index in [-0.39, 0.29) is 0 Å². The van der Waals surface area contributed by atoms with Crippen molar-refractivity contribution in [2.24, 2.45) is 0 Å². The molecule has 0 aromatic heterocycles. The van der Waals surface area contributed by atoms with Crippen LogP contribution in [0.1, 0.15) is 37.3 Å². The van der Waals surface area contributed by atoms with Crippen LogP contribution in [-0.4, -0.2) is 36.7 Å². The molecule has 1 heterocycles. The normalized spacial score (nSPS) is 24.0. The van der Waals surface area contributed by atoms with Crippen LogP contribution in [0.4, 0.5) is 0 Å². The number of rotatable bonds is 5. The number of nitrogens with one attached hydrogen (secondary N) is 1. The van der Waals surface area contributed by atoms with E-state index >= 15 is 0 Å². The molecular weight excluding hydrogens is 328 g/mol. The van der Waals surface area contributed by atoms with E-state index in [0.717, 1.165) is 45.2 Å². The topological polar surface area (TPSA) is 24.5 Å². The van der Waals surface area contributed by atoms with E-state index < -0.39 is 0 Å². The van der Waals surface area contributed by atoms with Gasteiger partial charge in [-0.1, -0.05) is 28.1 Å². The molecule has 4 heteroatoms. The molecule has 2 fully saturated rings.